The molecule has 0 radical (unpaired) electrons. The van der Waals surface area contributed by atoms with Gasteiger partial charge in [-0.3, -0.25) is 0 Å². The molecule has 4 nitrogen and oxygen atoms in total. The van der Waals surface area contributed by atoms with E-state index >= 15 is 4.39 Å². The van der Waals surface area contributed by atoms with Gasteiger partial charge in [-0.25, -0.2) is 21.7 Å². The van der Waals surface area contributed by atoms with Crippen LogP contribution < -0.4 is 4.72 Å². The summed E-state index contributed by atoms with van der Waals surface area (Å²) in [5.41, 5.74) is -1.85. The van der Waals surface area contributed by atoms with Gasteiger partial charge in [0.1, 0.15) is 0 Å². The second-order valence-corrected chi connectivity index (χ2v) is 10.6. The quantitative estimate of drug-likeness (QED) is 0.830. The largest absolute Gasteiger partial charge is 0.242 e. The molecular weight excluding hydrogens is 361 g/mol. The zero-order valence-corrected chi connectivity index (χ0v) is 16.0. The molecule has 0 saturated heterocycles. The molecule has 25 heavy (non-hydrogen) atoms. The van der Waals surface area contributed by atoms with Crippen LogP contribution in [0.25, 0.3) is 0 Å². The average Bonchev–Trinajstić information content (AvgIpc) is 2.59. The molecule has 0 amide bonds. The van der Waals surface area contributed by atoms with Crippen molar-refractivity contribution >= 4 is 20.8 Å². The fourth-order valence-electron chi connectivity index (χ4n) is 2.14. The molecule has 7 heteroatoms. The molecule has 0 aliphatic carbocycles. The SMILES string of the molecule is CC(C)(C)[S@@](=O)N[C@@H](c1ccccc1)C(F)S(=O)(=O)c1ccccc1. The summed E-state index contributed by atoms with van der Waals surface area (Å²) in [6.07, 6.45) is 0. The molecule has 0 aliphatic rings. The first-order valence-corrected chi connectivity index (χ1v) is 10.5. The summed E-state index contributed by atoms with van der Waals surface area (Å²) < 4.78 is 55.0. The highest BCUT2D eigenvalue weighted by atomic mass is 32.2. The van der Waals surface area contributed by atoms with Crippen LogP contribution in [0.3, 0.4) is 0 Å². The minimum atomic E-state index is -4.24. The van der Waals surface area contributed by atoms with Gasteiger partial charge in [0.25, 0.3) is 0 Å². The number of alkyl halides is 1. The van der Waals surface area contributed by atoms with Crippen LogP contribution in [0.4, 0.5) is 4.39 Å². The van der Waals surface area contributed by atoms with E-state index < -0.39 is 37.1 Å². The highest BCUT2D eigenvalue weighted by molar-refractivity contribution is 7.92. The minimum Gasteiger partial charge on any atom is -0.242 e. The van der Waals surface area contributed by atoms with Gasteiger partial charge < -0.3 is 0 Å². The van der Waals surface area contributed by atoms with Gasteiger partial charge in [0, 0.05) is 0 Å². The van der Waals surface area contributed by atoms with Crippen molar-refractivity contribution in [3.63, 3.8) is 0 Å². The third kappa shape index (κ3) is 4.74. The van der Waals surface area contributed by atoms with Crippen LogP contribution in [-0.4, -0.2) is 22.9 Å². The zero-order valence-electron chi connectivity index (χ0n) is 14.3. The Labute approximate surface area is 151 Å². The highest BCUT2D eigenvalue weighted by Crippen LogP contribution is 2.29. The van der Waals surface area contributed by atoms with Crippen molar-refractivity contribution in [2.24, 2.45) is 0 Å². The monoisotopic (exact) mass is 383 g/mol. The van der Waals surface area contributed by atoms with Gasteiger partial charge in [0.05, 0.1) is 26.7 Å². The summed E-state index contributed by atoms with van der Waals surface area (Å²) in [5.74, 6) is 0. The molecule has 1 unspecified atom stereocenters. The van der Waals surface area contributed by atoms with Gasteiger partial charge in [-0.2, -0.15) is 0 Å². The van der Waals surface area contributed by atoms with Crippen LogP contribution in [0.1, 0.15) is 32.4 Å². The summed E-state index contributed by atoms with van der Waals surface area (Å²) in [6, 6.07) is 14.6. The molecule has 0 heterocycles. The van der Waals surface area contributed by atoms with E-state index in [2.05, 4.69) is 4.72 Å². The smallest absolute Gasteiger partial charge is 0.225 e. The predicted octanol–water partition coefficient (Wildman–Crippen LogP) is 3.55. The van der Waals surface area contributed by atoms with Crippen molar-refractivity contribution in [3.05, 3.63) is 66.2 Å². The van der Waals surface area contributed by atoms with Gasteiger partial charge in [0.15, 0.2) is 0 Å². The molecule has 0 aromatic heterocycles. The van der Waals surface area contributed by atoms with E-state index in [0.717, 1.165) is 0 Å². The lowest BCUT2D eigenvalue weighted by atomic mass is 10.1. The van der Waals surface area contributed by atoms with Crippen molar-refractivity contribution in [1.29, 1.82) is 0 Å². The first-order chi connectivity index (χ1) is 11.6. The fourth-order valence-corrected chi connectivity index (χ4v) is 4.45. The molecule has 3 atom stereocenters. The lowest BCUT2D eigenvalue weighted by molar-refractivity contribution is 0.354. The number of nitrogens with one attached hydrogen (secondary N) is 1. The summed E-state index contributed by atoms with van der Waals surface area (Å²) >= 11 is 0. The maximum absolute atomic E-state index is 15.2. The molecule has 2 rings (SSSR count). The van der Waals surface area contributed by atoms with Gasteiger partial charge >= 0.3 is 0 Å². The van der Waals surface area contributed by atoms with Crippen LogP contribution >= 0.6 is 0 Å². The summed E-state index contributed by atoms with van der Waals surface area (Å²) in [7, 11) is -5.88. The third-order valence-electron chi connectivity index (χ3n) is 3.58. The molecular formula is C18H22FNO3S2. The van der Waals surface area contributed by atoms with Crippen LogP contribution in [0.5, 0.6) is 0 Å². The van der Waals surface area contributed by atoms with E-state index in [4.69, 9.17) is 0 Å². The summed E-state index contributed by atoms with van der Waals surface area (Å²) in [4.78, 5) is -0.105. The fraction of sp³-hybridized carbons (Fsp3) is 0.333. The second kappa shape index (κ2) is 7.76. The normalized spacial score (nSPS) is 16.2. The van der Waals surface area contributed by atoms with E-state index in [-0.39, 0.29) is 4.90 Å². The number of sulfone groups is 1. The van der Waals surface area contributed by atoms with E-state index in [1.165, 1.54) is 24.3 Å². The highest BCUT2D eigenvalue weighted by Gasteiger charge is 2.38. The molecule has 1 N–H and O–H groups in total. The third-order valence-corrected chi connectivity index (χ3v) is 6.95. The minimum absolute atomic E-state index is 0.105. The summed E-state index contributed by atoms with van der Waals surface area (Å²) in [6.45, 7) is 5.20. The maximum Gasteiger partial charge on any atom is 0.225 e. The Morgan fingerprint density at radius 1 is 0.960 bits per heavy atom. The number of hydrogen-bond acceptors (Lipinski definition) is 3. The Balaban J connectivity index is 2.43. The Kier molecular flexibility index (Phi) is 6.13. The standard InChI is InChI=1S/C18H22FNO3S2/c1-18(2,3)24(21)20-16(14-10-6-4-7-11-14)17(19)25(22,23)15-12-8-5-9-13-15/h4-13,16-17,20H,1-3H3/t16-,17?,24+/m0/s1. The van der Waals surface area contributed by atoms with E-state index in [0.29, 0.717) is 5.56 Å². The predicted molar refractivity (Wildman–Crippen MR) is 98.7 cm³/mol. The summed E-state index contributed by atoms with van der Waals surface area (Å²) in [5, 5.41) is 0. The van der Waals surface area contributed by atoms with Gasteiger partial charge in [0.2, 0.25) is 15.3 Å². The Bertz CT molecular complexity index is 818. The van der Waals surface area contributed by atoms with Crippen LogP contribution in [0.15, 0.2) is 65.6 Å². The Morgan fingerprint density at radius 2 is 1.44 bits per heavy atom. The molecule has 2 aromatic rings. The van der Waals surface area contributed by atoms with Crippen molar-refractivity contribution in [1.82, 2.24) is 4.72 Å². The van der Waals surface area contributed by atoms with Crippen molar-refractivity contribution in [2.45, 2.75) is 42.0 Å². The van der Waals surface area contributed by atoms with Crippen molar-refractivity contribution in [3.8, 4) is 0 Å². The average molecular weight is 384 g/mol. The van der Waals surface area contributed by atoms with Crippen molar-refractivity contribution in [2.75, 3.05) is 0 Å². The topological polar surface area (TPSA) is 63.2 Å². The van der Waals surface area contributed by atoms with Gasteiger partial charge in [-0.1, -0.05) is 48.5 Å². The molecule has 136 valence electrons. The van der Waals surface area contributed by atoms with E-state index in [1.807, 2.05) is 0 Å². The Hall–Kier alpha value is -1.57. The lowest BCUT2D eigenvalue weighted by Crippen LogP contribution is -2.41. The number of hydrogen-bond donors (Lipinski definition) is 1. The Morgan fingerprint density at radius 3 is 1.92 bits per heavy atom. The first-order valence-electron chi connectivity index (χ1n) is 7.80. The number of halogens is 1. The van der Waals surface area contributed by atoms with Crippen LogP contribution in [0.2, 0.25) is 0 Å². The van der Waals surface area contributed by atoms with Crippen LogP contribution in [0, 0.1) is 0 Å². The molecule has 2 aromatic carbocycles. The van der Waals surface area contributed by atoms with E-state index in [9.17, 15) is 12.6 Å². The molecule has 0 aliphatic heterocycles. The second-order valence-electron chi connectivity index (χ2n) is 6.60. The number of rotatable bonds is 6. The number of benzene rings is 2. The van der Waals surface area contributed by atoms with Gasteiger partial charge in [-0.05, 0) is 38.5 Å². The van der Waals surface area contributed by atoms with E-state index in [1.54, 1.807) is 57.2 Å². The lowest BCUT2D eigenvalue weighted by Gasteiger charge is -2.26. The molecule has 0 fully saturated rings. The molecule has 0 spiro atoms. The van der Waals surface area contributed by atoms with Crippen molar-refractivity contribution < 1.29 is 17.0 Å². The maximum atomic E-state index is 15.2. The first kappa shape index (κ1) is 19.8. The molecule has 0 bridgehead atoms. The van der Waals surface area contributed by atoms with Crippen LogP contribution in [-0.2, 0) is 20.8 Å². The molecule has 0 saturated carbocycles. The zero-order chi connectivity index (χ0) is 18.7. The van der Waals surface area contributed by atoms with Gasteiger partial charge in [-0.15, -0.1) is 0 Å².